The lowest BCUT2D eigenvalue weighted by Gasteiger charge is -2.25. The number of ether oxygens (including phenoxy) is 2. The summed E-state index contributed by atoms with van der Waals surface area (Å²) in [6, 6.07) is 4.11. The summed E-state index contributed by atoms with van der Waals surface area (Å²) in [5, 5.41) is 2.74. The van der Waals surface area contributed by atoms with Crippen LogP contribution in [0.4, 0.5) is 0 Å². The number of nitrogens with zero attached hydrogens (tertiary/aromatic N) is 1. The molecule has 0 bridgehead atoms. The second-order valence-electron chi connectivity index (χ2n) is 6.92. The average Bonchev–Trinajstić information content (AvgIpc) is 2.91. The molecule has 0 aromatic heterocycles. The van der Waals surface area contributed by atoms with Crippen LogP contribution in [0.15, 0.2) is 18.2 Å². The molecule has 1 aliphatic heterocycles. The van der Waals surface area contributed by atoms with E-state index in [9.17, 15) is 14.4 Å². The molecule has 1 saturated carbocycles. The lowest BCUT2D eigenvalue weighted by Crippen LogP contribution is -2.40. The molecule has 0 unspecified atom stereocenters. The van der Waals surface area contributed by atoms with Crippen molar-refractivity contribution >= 4 is 17.8 Å². The number of methoxy groups -OCH3 is 1. The summed E-state index contributed by atoms with van der Waals surface area (Å²) in [5.41, 5.74) is 0.525. The highest BCUT2D eigenvalue weighted by Gasteiger charge is 2.30. The Morgan fingerprint density at radius 1 is 1.19 bits per heavy atom. The van der Waals surface area contributed by atoms with Gasteiger partial charge in [-0.3, -0.25) is 9.59 Å². The summed E-state index contributed by atoms with van der Waals surface area (Å²) in [6.07, 6.45) is 4.07. The van der Waals surface area contributed by atoms with E-state index in [4.69, 9.17) is 9.47 Å². The molecule has 140 valence electrons. The van der Waals surface area contributed by atoms with Crippen molar-refractivity contribution in [3.63, 3.8) is 0 Å². The summed E-state index contributed by atoms with van der Waals surface area (Å²) >= 11 is 0. The van der Waals surface area contributed by atoms with Crippen molar-refractivity contribution in [3.05, 3.63) is 29.3 Å². The lowest BCUT2D eigenvalue weighted by atomic mass is 9.86. The molecule has 7 heteroatoms. The van der Waals surface area contributed by atoms with Gasteiger partial charge in [0.1, 0.15) is 11.8 Å². The van der Waals surface area contributed by atoms with Crippen LogP contribution in [0.25, 0.3) is 0 Å². The Labute approximate surface area is 152 Å². The summed E-state index contributed by atoms with van der Waals surface area (Å²) in [4.78, 5) is 38.1. The first-order valence-corrected chi connectivity index (χ1v) is 8.90. The highest BCUT2D eigenvalue weighted by Crippen LogP contribution is 2.28. The van der Waals surface area contributed by atoms with E-state index in [1.54, 1.807) is 24.1 Å². The molecule has 0 radical (unpaired) electrons. The summed E-state index contributed by atoms with van der Waals surface area (Å²) < 4.78 is 10.5. The second-order valence-corrected chi connectivity index (χ2v) is 6.92. The number of hydrogen-bond donors (Lipinski definition) is 1. The molecule has 1 aromatic rings. The number of amides is 2. The van der Waals surface area contributed by atoms with E-state index >= 15 is 0 Å². The molecule has 1 heterocycles. The number of likely N-dealkylation sites (N-methyl/N-ethyl adjacent to an activating group) is 1. The van der Waals surface area contributed by atoms with E-state index in [0.29, 0.717) is 31.2 Å². The van der Waals surface area contributed by atoms with Gasteiger partial charge in [0.05, 0.1) is 19.3 Å². The molecule has 1 atom stereocenters. The molecule has 2 aliphatic rings. The van der Waals surface area contributed by atoms with Crippen LogP contribution < -0.4 is 10.1 Å². The Kier molecular flexibility index (Phi) is 5.44. The van der Waals surface area contributed by atoms with Gasteiger partial charge >= 0.3 is 5.97 Å². The van der Waals surface area contributed by atoms with Crippen LogP contribution in [0.5, 0.6) is 5.75 Å². The van der Waals surface area contributed by atoms with Crippen molar-refractivity contribution in [2.24, 2.45) is 5.92 Å². The fraction of sp³-hybridized carbons (Fsp3) is 0.526. The Balaban J connectivity index is 1.76. The minimum absolute atomic E-state index is 0.107. The third kappa shape index (κ3) is 3.98. The third-order valence-corrected chi connectivity index (χ3v) is 5.03. The molecule has 1 saturated heterocycles. The van der Waals surface area contributed by atoms with Gasteiger partial charge < -0.3 is 19.7 Å². The molecule has 7 nitrogen and oxygen atoms in total. The van der Waals surface area contributed by atoms with E-state index in [2.05, 4.69) is 5.32 Å². The van der Waals surface area contributed by atoms with Gasteiger partial charge in [0.15, 0.2) is 0 Å². The monoisotopic (exact) mass is 360 g/mol. The molecule has 1 aliphatic carbocycles. The Bertz CT molecular complexity index is 714. The topological polar surface area (TPSA) is 84.9 Å². The summed E-state index contributed by atoms with van der Waals surface area (Å²) in [6.45, 7) is 1.18. The first-order chi connectivity index (χ1) is 12.5. The SMILES string of the molecule is COC(=O)c1cc(OCC2CCC2)cc(C(=O)N[C@H]2CCN(C)C2=O)c1. The predicted octanol–water partition coefficient (Wildman–Crippen LogP) is 1.61. The number of nitrogens with one attached hydrogen (secondary N) is 1. The maximum atomic E-state index is 12.6. The maximum Gasteiger partial charge on any atom is 0.338 e. The number of rotatable bonds is 6. The average molecular weight is 360 g/mol. The van der Waals surface area contributed by atoms with Crippen LogP contribution in [0.3, 0.4) is 0 Å². The Hall–Kier alpha value is -2.57. The van der Waals surface area contributed by atoms with Gasteiger partial charge in [-0.25, -0.2) is 4.79 Å². The van der Waals surface area contributed by atoms with Crippen LogP contribution in [-0.4, -0.2) is 56.0 Å². The first kappa shape index (κ1) is 18.2. The molecule has 0 spiro atoms. The number of likely N-dealkylation sites (tertiary alicyclic amines) is 1. The first-order valence-electron chi connectivity index (χ1n) is 8.90. The maximum absolute atomic E-state index is 12.6. The highest BCUT2D eigenvalue weighted by molar-refractivity contribution is 6.00. The minimum atomic E-state index is -0.537. The van der Waals surface area contributed by atoms with Crippen molar-refractivity contribution < 1.29 is 23.9 Å². The second kappa shape index (κ2) is 7.76. The van der Waals surface area contributed by atoms with E-state index in [-0.39, 0.29) is 17.0 Å². The van der Waals surface area contributed by atoms with Crippen LogP contribution >= 0.6 is 0 Å². The zero-order valence-corrected chi connectivity index (χ0v) is 15.1. The molecular formula is C19H24N2O5. The van der Waals surface area contributed by atoms with Crippen LogP contribution in [-0.2, 0) is 9.53 Å². The van der Waals surface area contributed by atoms with Crippen molar-refractivity contribution in [2.75, 3.05) is 27.3 Å². The van der Waals surface area contributed by atoms with E-state index in [0.717, 1.165) is 12.8 Å². The largest absolute Gasteiger partial charge is 0.493 e. The lowest BCUT2D eigenvalue weighted by molar-refractivity contribution is -0.128. The van der Waals surface area contributed by atoms with Crippen molar-refractivity contribution in [2.45, 2.75) is 31.7 Å². The summed E-state index contributed by atoms with van der Waals surface area (Å²) in [7, 11) is 3.00. The number of carbonyl (C=O) groups is 3. The van der Waals surface area contributed by atoms with Crippen LogP contribution in [0.2, 0.25) is 0 Å². The van der Waals surface area contributed by atoms with Crippen molar-refractivity contribution in [3.8, 4) is 5.75 Å². The smallest absolute Gasteiger partial charge is 0.338 e. The quantitative estimate of drug-likeness (QED) is 0.779. The fourth-order valence-corrected chi connectivity index (χ4v) is 3.12. The fourth-order valence-electron chi connectivity index (χ4n) is 3.12. The van der Waals surface area contributed by atoms with Gasteiger partial charge in [-0.1, -0.05) is 6.42 Å². The minimum Gasteiger partial charge on any atom is -0.493 e. The van der Waals surface area contributed by atoms with Gasteiger partial charge in [0.2, 0.25) is 5.91 Å². The number of hydrogen-bond acceptors (Lipinski definition) is 5. The Morgan fingerprint density at radius 2 is 1.92 bits per heavy atom. The molecule has 1 N–H and O–H groups in total. The predicted molar refractivity (Wildman–Crippen MR) is 94.1 cm³/mol. The van der Waals surface area contributed by atoms with Gasteiger partial charge in [0.25, 0.3) is 5.91 Å². The number of esters is 1. The van der Waals surface area contributed by atoms with E-state index < -0.39 is 17.9 Å². The van der Waals surface area contributed by atoms with Gasteiger partial charge in [-0.15, -0.1) is 0 Å². The molecular weight excluding hydrogens is 336 g/mol. The van der Waals surface area contributed by atoms with E-state index in [1.807, 2.05) is 0 Å². The Morgan fingerprint density at radius 3 is 2.50 bits per heavy atom. The summed E-state index contributed by atoms with van der Waals surface area (Å²) in [5.74, 6) is -0.0628. The molecule has 3 rings (SSSR count). The van der Waals surface area contributed by atoms with Gasteiger partial charge in [0, 0.05) is 19.2 Å². The van der Waals surface area contributed by atoms with Crippen LogP contribution in [0, 0.1) is 5.92 Å². The zero-order chi connectivity index (χ0) is 18.7. The van der Waals surface area contributed by atoms with Crippen molar-refractivity contribution in [1.29, 1.82) is 0 Å². The number of carbonyl (C=O) groups excluding carboxylic acids is 3. The highest BCUT2D eigenvalue weighted by atomic mass is 16.5. The molecule has 26 heavy (non-hydrogen) atoms. The van der Waals surface area contributed by atoms with Crippen LogP contribution in [0.1, 0.15) is 46.4 Å². The third-order valence-electron chi connectivity index (χ3n) is 5.03. The van der Waals surface area contributed by atoms with E-state index in [1.165, 1.54) is 19.6 Å². The zero-order valence-electron chi connectivity index (χ0n) is 15.1. The molecule has 1 aromatic carbocycles. The normalized spacial score (nSPS) is 19.8. The molecule has 2 amide bonds. The standard InChI is InChI=1S/C19H24N2O5/c1-21-7-6-16(18(21)23)20-17(22)13-8-14(19(24)25-2)10-15(9-13)26-11-12-4-3-5-12/h8-10,12,16H,3-7,11H2,1-2H3,(H,20,22)/t16-/m0/s1. The van der Waals surface area contributed by atoms with Crippen molar-refractivity contribution in [1.82, 2.24) is 10.2 Å². The van der Waals surface area contributed by atoms with Gasteiger partial charge in [-0.05, 0) is 43.4 Å². The van der Waals surface area contributed by atoms with Gasteiger partial charge in [-0.2, -0.15) is 0 Å². The number of benzene rings is 1. The molecule has 2 fully saturated rings.